The highest BCUT2D eigenvalue weighted by molar-refractivity contribution is 5.39. The Labute approximate surface area is 90.0 Å². The molecule has 1 aromatic heterocycles. The lowest BCUT2D eigenvalue weighted by Crippen LogP contribution is -2.21. The monoisotopic (exact) mass is 210 g/mol. The van der Waals surface area contributed by atoms with Crippen LogP contribution >= 0.6 is 0 Å². The van der Waals surface area contributed by atoms with Gasteiger partial charge in [0.15, 0.2) is 0 Å². The molecule has 3 N–H and O–H groups in total. The van der Waals surface area contributed by atoms with E-state index >= 15 is 0 Å². The Morgan fingerprint density at radius 2 is 2.20 bits per heavy atom. The molecule has 2 unspecified atom stereocenters. The first-order chi connectivity index (χ1) is 7.11. The largest absolute Gasteiger partial charge is 0.393 e. The van der Waals surface area contributed by atoms with Crippen molar-refractivity contribution in [3.63, 3.8) is 0 Å². The molecule has 2 atom stereocenters. The number of hydrogen-bond acceptors (Lipinski definition) is 5. The fourth-order valence-corrected chi connectivity index (χ4v) is 1.38. The zero-order valence-electron chi connectivity index (χ0n) is 9.36. The van der Waals surface area contributed by atoms with E-state index in [1.54, 1.807) is 26.2 Å². The highest BCUT2D eigenvalue weighted by atomic mass is 16.3. The van der Waals surface area contributed by atoms with E-state index in [0.29, 0.717) is 12.4 Å². The summed E-state index contributed by atoms with van der Waals surface area (Å²) < 4.78 is 0. The zero-order chi connectivity index (χ0) is 11.3. The van der Waals surface area contributed by atoms with Gasteiger partial charge in [-0.15, -0.1) is 0 Å². The highest BCUT2D eigenvalue weighted by Gasteiger charge is 2.06. The van der Waals surface area contributed by atoms with Crippen molar-refractivity contribution in [1.82, 2.24) is 9.97 Å². The molecule has 0 saturated heterocycles. The van der Waals surface area contributed by atoms with Crippen LogP contribution in [0.1, 0.15) is 20.3 Å². The molecule has 15 heavy (non-hydrogen) atoms. The van der Waals surface area contributed by atoms with Crippen LogP contribution in [0.2, 0.25) is 0 Å². The molecule has 0 aliphatic heterocycles. The van der Waals surface area contributed by atoms with Crippen molar-refractivity contribution >= 4 is 11.8 Å². The summed E-state index contributed by atoms with van der Waals surface area (Å²) in [5, 5.41) is 15.3. The second-order valence-electron chi connectivity index (χ2n) is 3.65. The quantitative estimate of drug-likeness (QED) is 0.678. The summed E-state index contributed by atoms with van der Waals surface area (Å²) in [4.78, 5) is 8.24. The molecule has 0 amide bonds. The Hall–Kier alpha value is -1.36. The summed E-state index contributed by atoms with van der Waals surface area (Å²) in [5.41, 5.74) is 0. The first-order valence-electron chi connectivity index (χ1n) is 5.07. The predicted octanol–water partition coefficient (Wildman–Crippen LogP) is 1.09. The van der Waals surface area contributed by atoms with Gasteiger partial charge in [0.05, 0.1) is 6.10 Å². The van der Waals surface area contributed by atoms with Crippen LogP contribution in [0.4, 0.5) is 11.8 Å². The first-order valence-corrected chi connectivity index (χ1v) is 5.07. The lowest BCUT2D eigenvalue weighted by atomic mass is 10.1. The molecule has 0 aromatic carbocycles. The summed E-state index contributed by atoms with van der Waals surface area (Å²) in [6, 6.07) is 1.99. The maximum Gasteiger partial charge on any atom is 0.224 e. The molecule has 0 saturated carbocycles. The minimum atomic E-state index is -0.307. The smallest absolute Gasteiger partial charge is 0.224 e. The standard InChI is InChI=1S/C10H18N4O/c1-7(6-8(2)15)13-9-4-5-12-10(11-3)14-9/h4-5,7-8,15H,6H2,1-3H3,(H2,11,12,13,14). The van der Waals surface area contributed by atoms with Gasteiger partial charge in [0.2, 0.25) is 5.95 Å². The van der Waals surface area contributed by atoms with E-state index in [1.807, 2.05) is 6.92 Å². The highest BCUT2D eigenvalue weighted by Crippen LogP contribution is 2.09. The third-order valence-corrected chi connectivity index (χ3v) is 1.97. The Morgan fingerprint density at radius 1 is 1.47 bits per heavy atom. The summed E-state index contributed by atoms with van der Waals surface area (Å²) in [6.07, 6.45) is 2.08. The maximum atomic E-state index is 9.22. The molecular weight excluding hydrogens is 192 g/mol. The van der Waals surface area contributed by atoms with Gasteiger partial charge in [-0.25, -0.2) is 4.98 Å². The van der Waals surface area contributed by atoms with Crippen molar-refractivity contribution < 1.29 is 5.11 Å². The predicted molar refractivity (Wildman–Crippen MR) is 61.0 cm³/mol. The van der Waals surface area contributed by atoms with Crippen LogP contribution < -0.4 is 10.6 Å². The third kappa shape index (κ3) is 4.12. The Bertz CT molecular complexity index is 303. The van der Waals surface area contributed by atoms with Gasteiger partial charge in [0.25, 0.3) is 0 Å². The SMILES string of the molecule is CNc1nccc(NC(C)CC(C)O)n1. The molecule has 1 heterocycles. The average molecular weight is 210 g/mol. The Kier molecular flexibility index (Phi) is 4.30. The number of aromatic nitrogens is 2. The Morgan fingerprint density at radius 3 is 2.80 bits per heavy atom. The first kappa shape index (κ1) is 11.7. The fraction of sp³-hybridized carbons (Fsp3) is 0.600. The molecule has 0 aliphatic carbocycles. The molecule has 5 heteroatoms. The van der Waals surface area contributed by atoms with E-state index in [2.05, 4.69) is 20.6 Å². The summed E-state index contributed by atoms with van der Waals surface area (Å²) in [6.45, 7) is 3.78. The molecule has 0 spiro atoms. The van der Waals surface area contributed by atoms with Gasteiger partial charge in [-0.3, -0.25) is 0 Å². The van der Waals surface area contributed by atoms with Crippen molar-refractivity contribution in [1.29, 1.82) is 0 Å². The van der Waals surface area contributed by atoms with E-state index in [9.17, 15) is 5.11 Å². The molecular formula is C10H18N4O. The van der Waals surface area contributed by atoms with Crippen LogP contribution in [0.3, 0.4) is 0 Å². The second-order valence-corrected chi connectivity index (χ2v) is 3.65. The normalized spacial score (nSPS) is 14.4. The number of aliphatic hydroxyl groups excluding tert-OH is 1. The minimum absolute atomic E-state index is 0.185. The molecule has 1 rings (SSSR count). The summed E-state index contributed by atoms with van der Waals surface area (Å²) in [7, 11) is 1.78. The van der Waals surface area contributed by atoms with Crippen molar-refractivity contribution in [2.45, 2.75) is 32.4 Å². The minimum Gasteiger partial charge on any atom is -0.393 e. The molecule has 0 fully saturated rings. The number of aliphatic hydroxyl groups is 1. The average Bonchev–Trinajstić information content (AvgIpc) is 2.16. The van der Waals surface area contributed by atoms with Crippen LogP contribution in [-0.2, 0) is 0 Å². The number of rotatable bonds is 5. The van der Waals surface area contributed by atoms with Crippen molar-refractivity contribution in [3.05, 3.63) is 12.3 Å². The fourth-order valence-electron chi connectivity index (χ4n) is 1.38. The van der Waals surface area contributed by atoms with E-state index in [4.69, 9.17) is 0 Å². The number of hydrogen-bond donors (Lipinski definition) is 3. The molecule has 5 nitrogen and oxygen atoms in total. The van der Waals surface area contributed by atoms with Crippen molar-refractivity contribution in [3.8, 4) is 0 Å². The van der Waals surface area contributed by atoms with Gasteiger partial charge in [-0.05, 0) is 26.3 Å². The van der Waals surface area contributed by atoms with E-state index < -0.39 is 0 Å². The number of nitrogens with zero attached hydrogens (tertiary/aromatic N) is 2. The van der Waals surface area contributed by atoms with Crippen molar-refractivity contribution in [2.75, 3.05) is 17.7 Å². The van der Waals surface area contributed by atoms with Crippen LogP contribution in [0.5, 0.6) is 0 Å². The van der Waals surface area contributed by atoms with Crippen LogP contribution in [0, 0.1) is 0 Å². The van der Waals surface area contributed by atoms with Gasteiger partial charge in [-0.2, -0.15) is 4.98 Å². The molecule has 1 aromatic rings. The Balaban J connectivity index is 2.55. The van der Waals surface area contributed by atoms with Gasteiger partial charge in [0, 0.05) is 19.3 Å². The van der Waals surface area contributed by atoms with Crippen LogP contribution in [0.25, 0.3) is 0 Å². The molecule has 84 valence electrons. The maximum absolute atomic E-state index is 9.22. The zero-order valence-corrected chi connectivity index (χ0v) is 9.36. The van der Waals surface area contributed by atoms with E-state index in [-0.39, 0.29) is 12.1 Å². The van der Waals surface area contributed by atoms with Crippen LogP contribution in [-0.4, -0.2) is 34.3 Å². The summed E-state index contributed by atoms with van der Waals surface area (Å²) >= 11 is 0. The van der Waals surface area contributed by atoms with Crippen LogP contribution in [0.15, 0.2) is 12.3 Å². The van der Waals surface area contributed by atoms with Gasteiger partial charge in [0.1, 0.15) is 5.82 Å². The van der Waals surface area contributed by atoms with E-state index in [0.717, 1.165) is 5.82 Å². The van der Waals surface area contributed by atoms with E-state index in [1.165, 1.54) is 0 Å². The van der Waals surface area contributed by atoms with Crippen molar-refractivity contribution in [2.24, 2.45) is 0 Å². The number of anilines is 2. The topological polar surface area (TPSA) is 70.1 Å². The molecule has 0 aliphatic rings. The number of nitrogens with one attached hydrogen (secondary N) is 2. The van der Waals surface area contributed by atoms with Gasteiger partial charge in [-0.1, -0.05) is 0 Å². The lowest BCUT2D eigenvalue weighted by molar-refractivity contribution is 0.179. The molecule has 0 bridgehead atoms. The second kappa shape index (κ2) is 5.50. The third-order valence-electron chi connectivity index (χ3n) is 1.97. The van der Waals surface area contributed by atoms with Gasteiger partial charge < -0.3 is 15.7 Å². The van der Waals surface area contributed by atoms with Gasteiger partial charge >= 0.3 is 0 Å². The molecule has 0 radical (unpaired) electrons. The lowest BCUT2D eigenvalue weighted by Gasteiger charge is -2.16. The summed E-state index contributed by atoms with van der Waals surface area (Å²) in [5.74, 6) is 1.35.